The number of benzene rings is 2. The third kappa shape index (κ3) is 3.97. The molecule has 0 saturated carbocycles. The van der Waals surface area contributed by atoms with Crippen LogP contribution in [0.1, 0.15) is 36.1 Å². The maximum absolute atomic E-state index is 13.3. The van der Waals surface area contributed by atoms with Crippen molar-refractivity contribution in [3.05, 3.63) is 71.4 Å². The van der Waals surface area contributed by atoms with Crippen LogP contribution in [-0.4, -0.2) is 33.5 Å². The van der Waals surface area contributed by atoms with E-state index in [-0.39, 0.29) is 17.7 Å². The number of aromatic nitrogens is 2. The van der Waals surface area contributed by atoms with Gasteiger partial charge in [-0.25, -0.2) is 0 Å². The van der Waals surface area contributed by atoms with Crippen LogP contribution in [0.2, 0.25) is 0 Å². The van der Waals surface area contributed by atoms with Gasteiger partial charge >= 0.3 is 0 Å². The first kappa shape index (κ1) is 19.8. The van der Waals surface area contributed by atoms with E-state index in [4.69, 9.17) is 5.73 Å². The van der Waals surface area contributed by atoms with E-state index in [0.29, 0.717) is 26.1 Å². The van der Waals surface area contributed by atoms with E-state index in [1.165, 1.54) is 6.92 Å². The first-order chi connectivity index (χ1) is 14.6. The van der Waals surface area contributed by atoms with Crippen LogP contribution in [0.3, 0.4) is 0 Å². The molecule has 0 bridgehead atoms. The molecule has 0 radical (unpaired) electrons. The van der Waals surface area contributed by atoms with Crippen LogP contribution < -0.4 is 11.1 Å². The molecule has 2 aromatic carbocycles. The number of carbonyl (C=O) groups is 2. The molecule has 154 valence electrons. The predicted molar refractivity (Wildman–Crippen MR) is 115 cm³/mol. The van der Waals surface area contributed by atoms with Gasteiger partial charge in [0.15, 0.2) is 0 Å². The summed E-state index contributed by atoms with van der Waals surface area (Å²) in [6, 6.07) is 17.4. The van der Waals surface area contributed by atoms with Gasteiger partial charge in [-0.2, -0.15) is 5.10 Å². The summed E-state index contributed by atoms with van der Waals surface area (Å²) >= 11 is 0. The Hall–Kier alpha value is -3.45. The number of nitrogens with zero attached hydrogens (tertiary/aromatic N) is 2. The second kappa shape index (κ2) is 8.51. The molecule has 1 unspecified atom stereocenters. The molecule has 30 heavy (non-hydrogen) atoms. The molecule has 7 nitrogen and oxygen atoms in total. The van der Waals surface area contributed by atoms with Crippen molar-refractivity contribution in [1.29, 1.82) is 0 Å². The average molecular weight is 403 g/mol. The molecule has 4 rings (SSSR count). The van der Waals surface area contributed by atoms with Crippen LogP contribution in [0, 0.1) is 0 Å². The third-order valence-corrected chi connectivity index (χ3v) is 5.40. The van der Waals surface area contributed by atoms with Crippen molar-refractivity contribution < 1.29 is 9.59 Å². The molecule has 1 aliphatic rings. The molecule has 2 amide bonds. The monoisotopic (exact) mass is 403 g/mol. The third-order valence-electron chi connectivity index (χ3n) is 5.40. The zero-order valence-electron chi connectivity index (χ0n) is 16.9. The number of nitrogens with two attached hydrogens (primary N) is 1. The Balaban J connectivity index is 1.53. The Labute approximate surface area is 175 Å². The number of rotatable bonds is 6. The van der Waals surface area contributed by atoms with E-state index in [1.807, 2.05) is 59.5 Å². The number of hydrogen-bond donors (Lipinski definition) is 3. The lowest BCUT2D eigenvalue weighted by atomic mass is 9.94. The van der Waals surface area contributed by atoms with Gasteiger partial charge in [-0.05, 0) is 30.7 Å². The highest BCUT2D eigenvalue weighted by Crippen LogP contribution is 2.33. The number of aromatic amines is 1. The van der Waals surface area contributed by atoms with Gasteiger partial charge in [-0.15, -0.1) is 0 Å². The summed E-state index contributed by atoms with van der Waals surface area (Å²) in [5.41, 5.74) is 11.3. The highest BCUT2D eigenvalue weighted by atomic mass is 16.2. The number of amides is 2. The summed E-state index contributed by atoms with van der Waals surface area (Å²) in [6.07, 6.45) is 0.614. The molecule has 0 saturated heterocycles. The minimum Gasteiger partial charge on any atom is -0.332 e. The SMILES string of the molecule is CC(=O)Nc1ccc(-c2n[nH]c3c2CN(C(=O)C(CCN)c2ccccc2)C3)cc1. The lowest BCUT2D eigenvalue weighted by Crippen LogP contribution is -2.32. The van der Waals surface area contributed by atoms with Crippen LogP contribution in [0.5, 0.6) is 0 Å². The average Bonchev–Trinajstić information content (AvgIpc) is 3.33. The summed E-state index contributed by atoms with van der Waals surface area (Å²) in [4.78, 5) is 26.4. The van der Waals surface area contributed by atoms with Crippen molar-refractivity contribution >= 4 is 17.5 Å². The first-order valence-corrected chi connectivity index (χ1v) is 10.0. The largest absolute Gasteiger partial charge is 0.332 e. The smallest absolute Gasteiger partial charge is 0.230 e. The van der Waals surface area contributed by atoms with Crippen molar-refractivity contribution in [2.24, 2.45) is 5.73 Å². The minimum absolute atomic E-state index is 0.0863. The number of anilines is 1. The van der Waals surface area contributed by atoms with E-state index in [1.54, 1.807) is 0 Å². The van der Waals surface area contributed by atoms with Crippen molar-refractivity contribution in [3.63, 3.8) is 0 Å². The van der Waals surface area contributed by atoms with E-state index in [2.05, 4.69) is 15.5 Å². The van der Waals surface area contributed by atoms with Gasteiger partial charge in [0.05, 0.1) is 30.4 Å². The first-order valence-electron chi connectivity index (χ1n) is 10.0. The van der Waals surface area contributed by atoms with E-state index in [0.717, 1.165) is 33.8 Å². The molecule has 0 aliphatic carbocycles. The summed E-state index contributed by atoms with van der Waals surface area (Å²) in [7, 11) is 0. The Bertz CT molecular complexity index is 1040. The van der Waals surface area contributed by atoms with Crippen molar-refractivity contribution in [2.45, 2.75) is 32.4 Å². The Morgan fingerprint density at radius 1 is 1.13 bits per heavy atom. The molecular weight excluding hydrogens is 378 g/mol. The Morgan fingerprint density at radius 3 is 2.53 bits per heavy atom. The standard InChI is InChI=1S/C23H25N5O2/c1-15(29)25-18-9-7-17(8-10-18)22-20-13-28(14-21(20)26-27-22)23(30)19(11-12-24)16-5-3-2-4-6-16/h2-10,19H,11-14,24H2,1H3,(H,25,29)(H,26,27). The number of nitrogens with one attached hydrogen (secondary N) is 2. The highest BCUT2D eigenvalue weighted by Gasteiger charge is 2.32. The van der Waals surface area contributed by atoms with Crippen LogP contribution in [0.25, 0.3) is 11.3 Å². The summed E-state index contributed by atoms with van der Waals surface area (Å²) in [5, 5.41) is 10.3. The van der Waals surface area contributed by atoms with E-state index < -0.39 is 0 Å². The molecule has 3 aromatic rings. The molecule has 4 N–H and O–H groups in total. The molecular formula is C23H25N5O2. The van der Waals surface area contributed by atoms with Crippen molar-refractivity contribution in [3.8, 4) is 11.3 Å². The van der Waals surface area contributed by atoms with Gasteiger partial charge in [0.25, 0.3) is 0 Å². The Kier molecular flexibility index (Phi) is 5.63. The second-order valence-corrected chi connectivity index (χ2v) is 7.52. The number of fused-ring (bicyclic) bond motifs is 1. The summed E-state index contributed by atoms with van der Waals surface area (Å²) < 4.78 is 0. The predicted octanol–water partition coefficient (Wildman–Crippen LogP) is 3.01. The van der Waals surface area contributed by atoms with Gasteiger partial charge in [0.2, 0.25) is 11.8 Å². The zero-order chi connectivity index (χ0) is 21.1. The van der Waals surface area contributed by atoms with Crippen molar-refractivity contribution in [1.82, 2.24) is 15.1 Å². The maximum Gasteiger partial charge on any atom is 0.230 e. The topological polar surface area (TPSA) is 104 Å². The normalized spacial score (nSPS) is 13.7. The lowest BCUT2D eigenvalue weighted by molar-refractivity contribution is -0.133. The number of H-pyrrole nitrogens is 1. The van der Waals surface area contributed by atoms with Crippen LogP contribution in [-0.2, 0) is 22.7 Å². The van der Waals surface area contributed by atoms with Gasteiger partial charge < -0.3 is 16.0 Å². The van der Waals surface area contributed by atoms with Crippen molar-refractivity contribution in [2.75, 3.05) is 11.9 Å². The lowest BCUT2D eigenvalue weighted by Gasteiger charge is -2.23. The fourth-order valence-corrected chi connectivity index (χ4v) is 3.95. The minimum atomic E-state index is -0.242. The zero-order valence-corrected chi connectivity index (χ0v) is 16.9. The van der Waals surface area contributed by atoms with E-state index >= 15 is 0 Å². The molecule has 0 spiro atoms. The Morgan fingerprint density at radius 2 is 1.87 bits per heavy atom. The number of carbonyl (C=O) groups excluding carboxylic acids is 2. The fraction of sp³-hybridized carbons (Fsp3) is 0.261. The second-order valence-electron chi connectivity index (χ2n) is 7.52. The molecule has 7 heteroatoms. The molecule has 0 fully saturated rings. The molecule has 1 aliphatic heterocycles. The van der Waals surface area contributed by atoms with Gasteiger partial charge in [0, 0.05) is 23.7 Å². The summed E-state index contributed by atoms with van der Waals surface area (Å²) in [6.45, 7) is 2.96. The molecule has 1 aromatic heterocycles. The summed E-state index contributed by atoms with van der Waals surface area (Å²) in [5.74, 6) is -0.264. The maximum atomic E-state index is 13.3. The molecule has 2 heterocycles. The molecule has 1 atom stereocenters. The van der Waals surface area contributed by atoms with Crippen LogP contribution >= 0.6 is 0 Å². The van der Waals surface area contributed by atoms with E-state index in [9.17, 15) is 9.59 Å². The highest BCUT2D eigenvalue weighted by molar-refractivity contribution is 5.89. The van der Waals surface area contributed by atoms with Gasteiger partial charge in [-0.3, -0.25) is 14.7 Å². The van der Waals surface area contributed by atoms with Gasteiger partial charge in [0.1, 0.15) is 0 Å². The fourth-order valence-electron chi connectivity index (χ4n) is 3.95. The number of hydrogen-bond acceptors (Lipinski definition) is 4. The van der Waals surface area contributed by atoms with Gasteiger partial charge in [-0.1, -0.05) is 42.5 Å². The quantitative estimate of drug-likeness (QED) is 0.588. The van der Waals surface area contributed by atoms with Crippen LogP contribution in [0.4, 0.5) is 5.69 Å². The van der Waals surface area contributed by atoms with Crippen LogP contribution in [0.15, 0.2) is 54.6 Å².